The highest BCUT2D eigenvalue weighted by Crippen LogP contribution is 2.14. The minimum Gasteiger partial charge on any atom is -0.466 e. The van der Waals surface area contributed by atoms with Gasteiger partial charge >= 0.3 is 5.97 Å². The third-order valence-electron chi connectivity index (χ3n) is 1.79. The van der Waals surface area contributed by atoms with Gasteiger partial charge in [0.25, 0.3) is 0 Å². The maximum Gasteiger partial charge on any atom is 0.312 e. The van der Waals surface area contributed by atoms with Gasteiger partial charge in [0.05, 0.1) is 13.0 Å². The van der Waals surface area contributed by atoms with Crippen molar-refractivity contribution in [2.24, 2.45) is 0 Å². The number of hydrogen-bond acceptors (Lipinski definition) is 6. The van der Waals surface area contributed by atoms with E-state index < -0.39 is 0 Å². The van der Waals surface area contributed by atoms with Crippen molar-refractivity contribution in [3.8, 4) is 0 Å². The molecule has 7 heteroatoms. The fraction of sp³-hybridized carbons (Fsp3) is 0.500. The number of hydrogen-bond donors (Lipinski definition) is 0. The van der Waals surface area contributed by atoms with Crippen LogP contribution in [0.2, 0.25) is 0 Å². The highest BCUT2D eigenvalue weighted by atomic mass is 32.1. The number of ether oxygens (including phenoxy) is 1. The number of aromatic nitrogens is 4. The molecule has 0 spiro atoms. The summed E-state index contributed by atoms with van der Waals surface area (Å²) in [4.78, 5) is 11.9. The van der Waals surface area contributed by atoms with E-state index in [0.717, 1.165) is 5.82 Å². The van der Waals surface area contributed by atoms with E-state index in [1.54, 1.807) is 11.4 Å². The molecule has 0 N–H and O–H groups in total. The predicted molar refractivity (Wildman–Crippen MR) is 53.7 cm³/mol. The molecule has 2 aromatic heterocycles. The number of esters is 1. The van der Waals surface area contributed by atoms with Crippen molar-refractivity contribution in [1.82, 2.24) is 19.8 Å². The fourth-order valence-corrected chi connectivity index (χ4v) is 2.03. The van der Waals surface area contributed by atoms with Gasteiger partial charge in [0.15, 0.2) is 5.82 Å². The van der Waals surface area contributed by atoms with Gasteiger partial charge in [-0.15, -0.1) is 10.2 Å². The minimum atomic E-state index is -0.264. The molecular weight excluding hydrogens is 216 g/mol. The molecular formula is C8H10N4O2S. The lowest BCUT2D eigenvalue weighted by Crippen LogP contribution is -2.07. The second kappa shape index (κ2) is 3.93. The van der Waals surface area contributed by atoms with E-state index in [4.69, 9.17) is 4.74 Å². The van der Waals surface area contributed by atoms with Crippen LogP contribution in [-0.4, -0.2) is 32.4 Å². The molecule has 15 heavy (non-hydrogen) atoms. The van der Waals surface area contributed by atoms with Crippen molar-refractivity contribution in [3.63, 3.8) is 0 Å². The van der Waals surface area contributed by atoms with E-state index >= 15 is 0 Å². The summed E-state index contributed by atoms with van der Waals surface area (Å²) in [7, 11) is 0. The lowest BCUT2D eigenvalue weighted by Gasteiger charge is -1.96. The Morgan fingerprint density at radius 1 is 1.53 bits per heavy atom. The van der Waals surface area contributed by atoms with E-state index in [1.165, 1.54) is 11.3 Å². The van der Waals surface area contributed by atoms with Crippen LogP contribution in [0, 0.1) is 6.92 Å². The lowest BCUT2D eigenvalue weighted by atomic mass is 10.5. The first-order chi connectivity index (χ1) is 7.20. The van der Waals surface area contributed by atoms with E-state index in [9.17, 15) is 4.79 Å². The zero-order valence-corrected chi connectivity index (χ0v) is 9.24. The van der Waals surface area contributed by atoms with E-state index in [2.05, 4.69) is 15.3 Å². The van der Waals surface area contributed by atoms with Crippen molar-refractivity contribution >= 4 is 22.3 Å². The Balaban J connectivity index is 2.18. The van der Waals surface area contributed by atoms with Crippen LogP contribution in [0.5, 0.6) is 0 Å². The summed E-state index contributed by atoms with van der Waals surface area (Å²) in [6, 6.07) is 0. The molecule has 0 saturated heterocycles. The molecule has 0 saturated carbocycles. The fourth-order valence-electron chi connectivity index (χ4n) is 1.16. The first-order valence-electron chi connectivity index (χ1n) is 4.54. The van der Waals surface area contributed by atoms with Gasteiger partial charge in [-0.05, 0) is 13.8 Å². The van der Waals surface area contributed by atoms with E-state index in [0.29, 0.717) is 16.6 Å². The number of fused-ring (bicyclic) bond motifs is 1. The molecule has 0 unspecified atom stereocenters. The number of carbonyl (C=O) groups is 1. The van der Waals surface area contributed by atoms with Crippen LogP contribution in [0.25, 0.3) is 4.96 Å². The maximum absolute atomic E-state index is 11.2. The molecule has 80 valence electrons. The van der Waals surface area contributed by atoms with Gasteiger partial charge in [-0.1, -0.05) is 11.3 Å². The second-order valence-electron chi connectivity index (χ2n) is 2.92. The largest absolute Gasteiger partial charge is 0.466 e. The van der Waals surface area contributed by atoms with Gasteiger partial charge in [0.1, 0.15) is 5.01 Å². The molecule has 0 aliphatic heterocycles. The number of aryl methyl sites for hydroxylation is 1. The van der Waals surface area contributed by atoms with Crippen LogP contribution in [-0.2, 0) is 16.0 Å². The molecule has 6 nitrogen and oxygen atoms in total. The van der Waals surface area contributed by atoms with Gasteiger partial charge in [-0.25, -0.2) is 0 Å². The van der Waals surface area contributed by atoms with Crippen LogP contribution in [0.1, 0.15) is 17.8 Å². The molecule has 0 fully saturated rings. The Hall–Kier alpha value is -1.50. The summed E-state index contributed by atoms with van der Waals surface area (Å²) in [5.41, 5.74) is 0. The quantitative estimate of drug-likeness (QED) is 0.717. The zero-order valence-electron chi connectivity index (χ0n) is 8.43. The van der Waals surface area contributed by atoms with Crippen molar-refractivity contribution in [2.75, 3.05) is 6.61 Å². The van der Waals surface area contributed by atoms with Crippen LogP contribution in [0.3, 0.4) is 0 Å². The molecule has 0 aliphatic carbocycles. The summed E-state index contributed by atoms with van der Waals surface area (Å²) in [6.07, 6.45) is 0.196. The lowest BCUT2D eigenvalue weighted by molar-refractivity contribution is -0.142. The van der Waals surface area contributed by atoms with Crippen LogP contribution in [0.4, 0.5) is 0 Å². The maximum atomic E-state index is 11.2. The third kappa shape index (κ3) is 1.96. The molecule has 2 heterocycles. The molecule has 0 radical (unpaired) electrons. The first kappa shape index (κ1) is 10.0. The minimum absolute atomic E-state index is 0.196. The normalized spacial score (nSPS) is 10.8. The van der Waals surface area contributed by atoms with Gasteiger partial charge in [-0.2, -0.15) is 9.61 Å². The monoisotopic (exact) mass is 226 g/mol. The Morgan fingerprint density at radius 3 is 3.00 bits per heavy atom. The van der Waals surface area contributed by atoms with Crippen LogP contribution in [0.15, 0.2) is 0 Å². The zero-order chi connectivity index (χ0) is 10.8. The average molecular weight is 226 g/mol. The van der Waals surface area contributed by atoms with E-state index in [-0.39, 0.29) is 12.4 Å². The summed E-state index contributed by atoms with van der Waals surface area (Å²) in [5, 5.41) is 12.7. The molecule has 0 amide bonds. The van der Waals surface area contributed by atoms with Crippen LogP contribution < -0.4 is 0 Å². The SMILES string of the molecule is CCOC(=O)Cc1nn2c(C)nnc2s1. The van der Waals surface area contributed by atoms with Crippen molar-refractivity contribution < 1.29 is 9.53 Å². The summed E-state index contributed by atoms with van der Waals surface area (Å²) < 4.78 is 6.46. The van der Waals surface area contributed by atoms with Crippen molar-refractivity contribution in [1.29, 1.82) is 0 Å². The third-order valence-corrected chi connectivity index (χ3v) is 2.69. The Labute approximate surface area is 89.9 Å². The smallest absolute Gasteiger partial charge is 0.312 e. The predicted octanol–water partition coefficient (Wildman–Crippen LogP) is 0.600. The van der Waals surface area contributed by atoms with E-state index in [1.807, 2.05) is 6.92 Å². The van der Waals surface area contributed by atoms with Gasteiger partial charge in [0.2, 0.25) is 4.96 Å². The summed E-state index contributed by atoms with van der Waals surface area (Å²) in [5.74, 6) is 0.455. The van der Waals surface area contributed by atoms with Gasteiger partial charge < -0.3 is 4.74 Å². The Bertz CT molecular complexity index is 490. The summed E-state index contributed by atoms with van der Waals surface area (Å²) >= 11 is 1.35. The Morgan fingerprint density at radius 2 is 2.33 bits per heavy atom. The first-order valence-corrected chi connectivity index (χ1v) is 5.35. The summed E-state index contributed by atoms with van der Waals surface area (Å²) in [6.45, 7) is 3.98. The molecule has 0 atom stereocenters. The molecule has 2 rings (SSSR count). The molecule has 0 aromatic carbocycles. The number of rotatable bonds is 3. The van der Waals surface area contributed by atoms with Crippen molar-refractivity contribution in [2.45, 2.75) is 20.3 Å². The second-order valence-corrected chi connectivity index (χ2v) is 3.96. The van der Waals surface area contributed by atoms with Gasteiger partial charge in [-0.3, -0.25) is 4.79 Å². The Kier molecular flexibility index (Phi) is 2.63. The van der Waals surface area contributed by atoms with Crippen molar-refractivity contribution in [3.05, 3.63) is 10.8 Å². The highest BCUT2D eigenvalue weighted by Gasteiger charge is 2.12. The highest BCUT2D eigenvalue weighted by molar-refractivity contribution is 7.16. The van der Waals surface area contributed by atoms with Gasteiger partial charge in [0, 0.05) is 0 Å². The van der Waals surface area contributed by atoms with Crippen LogP contribution >= 0.6 is 11.3 Å². The number of carbonyl (C=O) groups excluding carboxylic acids is 1. The molecule has 0 bridgehead atoms. The average Bonchev–Trinajstić information content (AvgIpc) is 2.69. The standard InChI is InChI=1S/C8H10N4O2S/c1-3-14-7(13)4-6-11-12-5(2)9-10-8(12)15-6/h3-4H2,1-2H3. The number of nitrogens with zero attached hydrogens (tertiary/aromatic N) is 4. The topological polar surface area (TPSA) is 69.4 Å². The molecule has 0 aliphatic rings. The molecule has 2 aromatic rings.